The minimum atomic E-state index is 0.312. The van der Waals surface area contributed by atoms with Gasteiger partial charge >= 0.3 is 0 Å². The van der Waals surface area contributed by atoms with Crippen LogP contribution < -0.4 is 15.8 Å². The summed E-state index contributed by atoms with van der Waals surface area (Å²) in [6, 6.07) is 10.1. The number of nitriles is 1. The number of aromatic nitrogens is 1. The summed E-state index contributed by atoms with van der Waals surface area (Å²) in [6.45, 7) is 3.27. The van der Waals surface area contributed by atoms with Crippen LogP contribution in [0, 0.1) is 11.3 Å². The molecule has 0 spiro atoms. The van der Waals surface area contributed by atoms with Gasteiger partial charge in [0, 0.05) is 37.3 Å². The van der Waals surface area contributed by atoms with E-state index in [1.807, 2.05) is 24.3 Å². The third-order valence-corrected chi connectivity index (χ3v) is 4.53. The topological polar surface area (TPSA) is 87.2 Å². The minimum absolute atomic E-state index is 0.312. The lowest BCUT2D eigenvalue weighted by Gasteiger charge is -2.22. The smallest absolute Gasteiger partial charge is 0.142 e. The van der Waals surface area contributed by atoms with Gasteiger partial charge in [-0.1, -0.05) is 12.1 Å². The molecule has 0 amide bonds. The molecule has 26 heavy (non-hydrogen) atoms. The lowest BCUT2D eigenvalue weighted by molar-refractivity contribution is 0.281. The summed E-state index contributed by atoms with van der Waals surface area (Å²) in [6.07, 6.45) is 1.80. The molecule has 2 heterocycles. The molecule has 1 aliphatic rings. The molecule has 0 radical (unpaired) electrons. The van der Waals surface area contributed by atoms with Crippen molar-refractivity contribution in [2.45, 2.75) is 19.4 Å². The maximum atomic E-state index is 9.59. The molecular formula is C20H25N5O. The van der Waals surface area contributed by atoms with Gasteiger partial charge in [0.05, 0.1) is 6.61 Å². The molecule has 0 saturated heterocycles. The first-order valence-corrected chi connectivity index (χ1v) is 8.90. The minimum Gasteiger partial charge on any atom is -0.494 e. The molecule has 6 heteroatoms. The first kappa shape index (κ1) is 18.2. The van der Waals surface area contributed by atoms with Crippen LogP contribution in [0.15, 0.2) is 24.3 Å². The molecule has 1 aromatic carbocycles. The number of nitrogens with two attached hydrogens (primary N) is 1. The molecule has 1 aromatic heterocycles. The van der Waals surface area contributed by atoms with Crippen molar-refractivity contribution in [3.63, 3.8) is 0 Å². The highest BCUT2D eigenvalue weighted by molar-refractivity contribution is 5.79. The third-order valence-electron chi connectivity index (χ3n) is 4.53. The standard InChI is InChI=1S/C20H25N5O/c1-25(2)10-3-11-26-15-6-4-14(5-7-15)19-16(12-21)20(22)24-18-8-9-23-13-17(18)19/h4-7,23H,3,8-11,13H2,1-2H3,(H2,22,24). The highest BCUT2D eigenvalue weighted by Crippen LogP contribution is 2.34. The number of ether oxygens (including phenoxy) is 1. The van der Waals surface area contributed by atoms with Crippen LogP contribution in [-0.2, 0) is 13.0 Å². The van der Waals surface area contributed by atoms with Crippen molar-refractivity contribution in [2.75, 3.05) is 39.5 Å². The Balaban J connectivity index is 1.85. The van der Waals surface area contributed by atoms with Gasteiger partial charge in [0.2, 0.25) is 0 Å². The zero-order chi connectivity index (χ0) is 18.5. The van der Waals surface area contributed by atoms with E-state index in [1.165, 1.54) is 0 Å². The molecule has 6 nitrogen and oxygen atoms in total. The van der Waals surface area contributed by atoms with Crippen molar-refractivity contribution in [2.24, 2.45) is 0 Å². The molecule has 1 aliphatic heterocycles. The lowest BCUT2D eigenvalue weighted by atomic mass is 9.91. The van der Waals surface area contributed by atoms with Crippen molar-refractivity contribution in [1.29, 1.82) is 5.26 Å². The van der Waals surface area contributed by atoms with Gasteiger partial charge in [0.1, 0.15) is 23.2 Å². The van der Waals surface area contributed by atoms with Crippen LogP contribution in [0.2, 0.25) is 0 Å². The molecule has 0 bridgehead atoms. The summed E-state index contributed by atoms with van der Waals surface area (Å²) < 4.78 is 5.80. The Kier molecular flexibility index (Phi) is 5.71. The Hall–Kier alpha value is -2.62. The average Bonchev–Trinajstić information content (AvgIpc) is 2.64. The van der Waals surface area contributed by atoms with Crippen LogP contribution in [-0.4, -0.2) is 43.7 Å². The largest absolute Gasteiger partial charge is 0.494 e. The first-order chi connectivity index (χ1) is 12.6. The summed E-state index contributed by atoms with van der Waals surface area (Å²) in [5.41, 5.74) is 10.4. The Morgan fingerprint density at radius 3 is 2.77 bits per heavy atom. The van der Waals surface area contributed by atoms with E-state index >= 15 is 0 Å². The van der Waals surface area contributed by atoms with Crippen molar-refractivity contribution < 1.29 is 4.74 Å². The van der Waals surface area contributed by atoms with E-state index in [1.54, 1.807) is 0 Å². The van der Waals surface area contributed by atoms with E-state index in [4.69, 9.17) is 10.5 Å². The van der Waals surface area contributed by atoms with Gasteiger partial charge in [0.15, 0.2) is 0 Å². The molecule has 0 unspecified atom stereocenters. The summed E-state index contributed by atoms with van der Waals surface area (Å²) in [4.78, 5) is 6.58. The Bertz CT molecular complexity index is 808. The Labute approximate surface area is 154 Å². The van der Waals surface area contributed by atoms with Gasteiger partial charge in [-0.05, 0) is 43.8 Å². The molecule has 0 saturated carbocycles. The third kappa shape index (κ3) is 3.96. The molecule has 2 aromatic rings. The van der Waals surface area contributed by atoms with E-state index in [0.29, 0.717) is 24.5 Å². The quantitative estimate of drug-likeness (QED) is 0.776. The summed E-state index contributed by atoms with van der Waals surface area (Å²) in [5, 5.41) is 12.9. The molecule has 136 valence electrons. The summed E-state index contributed by atoms with van der Waals surface area (Å²) in [7, 11) is 4.11. The Morgan fingerprint density at radius 1 is 1.31 bits per heavy atom. The number of pyridine rings is 1. The SMILES string of the molecule is CN(C)CCCOc1ccc(-c2c(C#N)c(N)nc3c2CNCC3)cc1. The number of benzene rings is 1. The van der Waals surface area contributed by atoms with Crippen LogP contribution in [0.1, 0.15) is 23.2 Å². The summed E-state index contributed by atoms with van der Waals surface area (Å²) in [5.74, 6) is 1.15. The van der Waals surface area contributed by atoms with Crippen LogP contribution in [0.3, 0.4) is 0 Å². The number of anilines is 1. The van der Waals surface area contributed by atoms with E-state index in [9.17, 15) is 5.26 Å². The second-order valence-electron chi connectivity index (χ2n) is 6.74. The van der Waals surface area contributed by atoms with Gasteiger partial charge in [-0.2, -0.15) is 5.26 Å². The number of hydrogen-bond donors (Lipinski definition) is 2. The predicted molar refractivity (Wildman–Crippen MR) is 103 cm³/mol. The number of hydrogen-bond acceptors (Lipinski definition) is 6. The van der Waals surface area contributed by atoms with Crippen molar-refractivity contribution in [1.82, 2.24) is 15.2 Å². The number of nitrogens with one attached hydrogen (secondary N) is 1. The zero-order valence-corrected chi connectivity index (χ0v) is 15.4. The Morgan fingerprint density at radius 2 is 2.08 bits per heavy atom. The van der Waals surface area contributed by atoms with Gasteiger partial charge in [0.25, 0.3) is 0 Å². The average molecular weight is 351 g/mol. The van der Waals surface area contributed by atoms with Gasteiger partial charge < -0.3 is 20.7 Å². The monoisotopic (exact) mass is 351 g/mol. The van der Waals surface area contributed by atoms with Gasteiger partial charge in [-0.15, -0.1) is 0 Å². The summed E-state index contributed by atoms with van der Waals surface area (Å²) >= 11 is 0. The molecular weight excluding hydrogens is 326 g/mol. The van der Waals surface area contributed by atoms with E-state index in [0.717, 1.165) is 54.1 Å². The van der Waals surface area contributed by atoms with Crippen LogP contribution in [0.5, 0.6) is 5.75 Å². The van der Waals surface area contributed by atoms with Crippen LogP contribution in [0.25, 0.3) is 11.1 Å². The van der Waals surface area contributed by atoms with E-state index in [-0.39, 0.29) is 0 Å². The number of nitrogens with zero attached hydrogens (tertiary/aromatic N) is 3. The van der Waals surface area contributed by atoms with Gasteiger partial charge in [-0.25, -0.2) is 4.98 Å². The van der Waals surface area contributed by atoms with Crippen molar-refractivity contribution in [3.8, 4) is 22.9 Å². The normalized spacial score (nSPS) is 13.3. The van der Waals surface area contributed by atoms with Crippen LogP contribution in [0.4, 0.5) is 5.82 Å². The highest BCUT2D eigenvalue weighted by atomic mass is 16.5. The fourth-order valence-electron chi connectivity index (χ4n) is 3.23. The second-order valence-corrected chi connectivity index (χ2v) is 6.74. The molecule has 0 aliphatic carbocycles. The second kappa shape index (κ2) is 8.17. The van der Waals surface area contributed by atoms with E-state index < -0.39 is 0 Å². The maximum Gasteiger partial charge on any atom is 0.142 e. The van der Waals surface area contributed by atoms with Crippen molar-refractivity contribution in [3.05, 3.63) is 41.1 Å². The first-order valence-electron chi connectivity index (χ1n) is 8.90. The van der Waals surface area contributed by atoms with Gasteiger partial charge in [-0.3, -0.25) is 0 Å². The fraction of sp³-hybridized carbons (Fsp3) is 0.400. The number of fused-ring (bicyclic) bond motifs is 1. The number of rotatable bonds is 6. The molecule has 0 atom stereocenters. The molecule has 0 fully saturated rings. The maximum absolute atomic E-state index is 9.59. The van der Waals surface area contributed by atoms with Crippen molar-refractivity contribution >= 4 is 5.82 Å². The number of nitrogen functional groups attached to an aromatic ring is 1. The predicted octanol–water partition coefficient (Wildman–Crippen LogP) is 2.18. The lowest BCUT2D eigenvalue weighted by Crippen LogP contribution is -2.26. The van der Waals surface area contributed by atoms with Crippen LogP contribution >= 0.6 is 0 Å². The van der Waals surface area contributed by atoms with E-state index in [2.05, 4.69) is 35.4 Å². The highest BCUT2D eigenvalue weighted by Gasteiger charge is 2.21. The fourth-order valence-corrected chi connectivity index (χ4v) is 3.23. The zero-order valence-electron chi connectivity index (χ0n) is 15.4. The molecule has 3 N–H and O–H groups in total. The molecule has 3 rings (SSSR count).